The van der Waals surface area contributed by atoms with Crippen LogP contribution in [-0.4, -0.2) is 87.4 Å². The average molecular weight is 744 g/mol. The van der Waals surface area contributed by atoms with E-state index in [-0.39, 0.29) is 42.4 Å². The molecule has 5 aliphatic carbocycles. The van der Waals surface area contributed by atoms with Gasteiger partial charge in [0.1, 0.15) is 0 Å². The molecule has 10 nitrogen and oxygen atoms in total. The average Bonchev–Trinajstić information content (AvgIpc) is 3.43. The van der Waals surface area contributed by atoms with Crippen molar-refractivity contribution >= 4 is 11.9 Å². The third-order valence-corrected chi connectivity index (χ3v) is 15.5. The fourth-order valence-corrected chi connectivity index (χ4v) is 13.4. The van der Waals surface area contributed by atoms with Crippen molar-refractivity contribution < 1.29 is 35.1 Å². The number of hydrogen-bond acceptors (Lipinski definition) is 8. The number of esters is 1. The summed E-state index contributed by atoms with van der Waals surface area (Å²) in [5.41, 5.74) is -0.0379. The van der Waals surface area contributed by atoms with Crippen LogP contribution in [0.1, 0.15) is 145 Å². The van der Waals surface area contributed by atoms with Crippen molar-refractivity contribution in [3.8, 4) is 0 Å². The number of nitrogens with zero attached hydrogens (tertiary/aromatic N) is 3. The molecule has 0 radical (unpaired) electrons. The van der Waals surface area contributed by atoms with Crippen LogP contribution in [-0.2, 0) is 30.8 Å². The first kappa shape index (κ1) is 40.6. The molecule has 2 aliphatic heterocycles. The van der Waals surface area contributed by atoms with Gasteiger partial charge < -0.3 is 33.5 Å². The molecule has 8 rings (SSSR count). The zero-order chi connectivity index (χ0) is 38.7. The normalized spacial score (nSPS) is 41.3. The Balaban J connectivity index is 0.00000109. The highest BCUT2D eigenvalue weighted by Gasteiger charge is 2.80. The second-order valence-electron chi connectivity index (χ2n) is 18.6. The predicted octanol–water partition coefficient (Wildman–Crippen LogP) is 7.81. The maximum Gasteiger partial charge on any atom is 0.303 e. The molecular weight excluding hydrogens is 670 g/mol. The molecule has 1 aromatic rings. The number of aryl methyl sites for hydroxylation is 1. The number of aliphatic hydroxyl groups is 1. The minimum atomic E-state index is -1.16. The van der Waals surface area contributed by atoms with E-state index in [4.69, 9.17) is 18.9 Å². The molecule has 7 aliphatic rings. The van der Waals surface area contributed by atoms with Crippen molar-refractivity contribution in [3.05, 3.63) is 18.2 Å². The van der Waals surface area contributed by atoms with Gasteiger partial charge >= 0.3 is 5.97 Å². The Morgan fingerprint density at radius 1 is 1.00 bits per heavy atom. The lowest BCUT2D eigenvalue weighted by atomic mass is 9.46. The number of morpholine rings is 1. The molecule has 1 aromatic heterocycles. The van der Waals surface area contributed by atoms with Gasteiger partial charge in [-0.2, -0.15) is 0 Å². The van der Waals surface area contributed by atoms with Crippen molar-refractivity contribution in [1.29, 1.82) is 0 Å². The van der Waals surface area contributed by atoms with E-state index >= 15 is 0 Å². The highest BCUT2D eigenvalue weighted by Crippen LogP contribution is 2.87. The third-order valence-electron chi connectivity index (χ3n) is 15.5. The van der Waals surface area contributed by atoms with Gasteiger partial charge in [0, 0.05) is 34.3 Å². The van der Waals surface area contributed by atoms with Gasteiger partial charge in [0.25, 0.3) is 5.91 Å². The van der Waals surface area contributed by atoms with E-state index in [1.165, 1.54) is 45.4 Å². The smallest absolute Gasteiger partial charge is 0.303 e. The third kappa shape index (κ3) is 6.61. The zero-order valence-corrected chi connectivity index (χ0v) is 34.8. The molecule has 1 N–H and O–H groups in total. The summed E-state index contributed by atoms with van der Waals surface area (Å²) in [6.45, 7) is 21.8. The first-order valence-electron chi connectivity index (χ1n) is 21.2. The summed E-state index contributed by atoms with van der Waals surface area (Å²) in [6, 6.07) is 0. The van der Waals surface area contributed by atoms with E-state index in [1.54, 1.807) is 30.8 Å². The van der Waals surface area contributed by atoms with Crippen LogP contribution in [0.5, 0.6) is 0 Å². The fraction of sp³-hybridized carbons (Fsp3) is 0.884. The van der Waals surface area contributed by atoms with Gasteiger partial charge in [-0.05, 0) is 123 Å². The van der Waals surface area contributed by atoms with Crippen molar-refractivity contribution in [1.82, 2.24) is 14.5 Å². The molecule has 0 bridgehead atoms. The number of aromatic nitrogens is 2. The van der Waals surface area contributed by atoms with Crippen LogP contribution in [0.3, 0.4) is 0 Å². The summed E-state index contributed by atoms with van der Waals surface area (Å²) in [5, 5.41) is 10.9. The van der Waals surface area contributed by atoms with Crippen LogP contribution in [0, 0.1) is 45.3 Å². The molecule has 10 heteroatoms. The lowest BCUT2D eigenvalue weighted by Crippen LogP contribution is -2.56. The summed E-state index contributed by atoms with van der Waals surface area (Å²) in [6.07, 6.45) is 14.1. The number of fused-ring (bicyclic) bond motifs is 4. The second-order valence-corrected chi connectivity index (χ2v) is 18.6. The second kappa shape index (κ2) is 14.8. The predicted molar refractivity (Wildman–Crippen MR) is 206 cm³/mol. The Morgan fingerprint density at radius 2 is 1.72 bits per heavy atom. The highest BCUT2D eigenvalue weighted by molar-refractivity contribution is 5.90. The molecule has 1 amide bonds. The number of carbonyl (C=O) groups excluding carboxylic acids is 2. The Kier molecular flexibility index (Phi) is 11.4. The lowest BCUT2D eigenvalue weighted by molar-refractivity contribution is -0.241. The lowest BCUT2D eigenvalue weighted by Gasteiger charge is -2.60. The summed E-state index contributed by atoms with van der Waals surface area (Å²) in [5.74, 6) is 2.55. The quantitative estimate of drug-likeness (QED) is 0.294. The maximum atomic E-state index is 13.2. The minimum absolute atomic E-state index is 0. The van der Waals surface area contributed by atoms with E-state index in [0.717, 1.165) is 31.6 Å². The highest BCUT2D eigenvalue weighted by atomic mass is 16.7. The van der Waals surface area contributed by atoms with Gasteiger partial charge in [-0.15, -0.1) is 0 Å². The largest absolute Gasteiger partial charge is 0.457 e. The zero-order valence-electron chi connectivity index (χ0n) is 34.8. The Bertz CT molecular complexity index is 1480. The molecule has 0 aromatic carbocycles. The number of amides is 1. The van der Waals surface area contributed by atoms with Gasteiger partial charge in [-0.1, -0.05) is 48.5 Å². The first-order chi connectivity index (χ1) is 25.1. The van der Waals surface area contributed by atoms with Gasteiger partial charge in [0.15, 0.2) is 18.2 Å². The molecule has 7 unspecified atom stereocenters. The van der Waals surface area contributed by atoms with Gasteiger partial charge in [-0.25, -0.2) is 4.98 Å². The van der Waals surface area contributed by atoms with Crippen molar-refractivity contribution in [3.63, 3.8) is 0 Å². The van der Waals surface area contributed by atoms with Crippen molar-refractivity contribution in [2.45, 2.75) is 170 Å². The molecular formula is C43H73N3O7. The van der Waals surface area contributed by atoms with Gasteiger partial charge in [-0.3, -0.25) is 9.59 Å². The maximum absolute atomic E-state index is 13.2. The molecule has 5 saturated carbocycles. The molecule has 7 fully saturated rings. The molecule has 2 saturated heterocycles. The number of carbonyl (C=O) groups is 2. The van der Waals surface area contributed by atoms with Crippen LogP contribution >= 0.6 is 0 Å². The topological polar surface area (TPSA) is 112 Å². The summed E-state index contributed by atoms with van der Waals surface area (Å²) in [7, 11) is 1.85. The van der Waals surface area contributed by atoms with Crippen molar-refractivity contribution in [2.75, 3.05) is 19.7 Å². The number of ether oxygens (including phenoxy) is 4. The summed E-state index contributed by atoms with van der Waals surface area (Å²) >= 11 is 0. The van der Waals surface area contributed by atoms with E-state index in [1.807, 2.05) is 39.6 Å². The Morgan fingerprint density at radius 3 is 2.38 bits per heavy atom. The fourth-order valence-electron chi connectivity index (χ4n) is 13.4. The SMILES string of the molecule is CC.CC.CC(=O)O[C@@H](C1CCC2C(CC3C4CCC5C(C)(C)[C@@H](OC6CN(C(=O)c7nccn7C)CCO6)CC[C@@]56C[C@@]46CC[C@]23C)O1)C(C)(C)O.[HH]. The standard InChI is InChI=1S/C39H59N3O7.2C2H6.H2/c1-23(43)47-32(36(4,5)45)27-10-8-25-28(48-27)20-26-24-9-11-29-35(2,3)30(12-13-39(29)22-38(24,39)15-14-37(25,26)6)49-31-21-42(18-19-46-31)34(44)33-40-16-17-41(33)7;2*1-2;/h16-17,24-32,45H,8-15,18-22H2,1-7H3;2*1-2H3;1H/t24?,25?,26?,27?,28?,29?,30-,31?,32-,37+,38-,39+;;;/m0.../s1. The van der Waals surface area contributed by atoms with Crippen LogP contribution in [0.4, 0.5) is 0 Å². The minimum Gasteiger partial charge on any atom is -0.457 e. The van der Waals surface area contributed by atoms with E-state index in [0.29, 0.717) is 54.1 Å². The van der Waals surface area contributed by atoms with Crippen LogP contribution < -0.4 is 0 Å². The van der Waals surface area contributed by atoms with E-state index in [9.17, 15) is 14.7 Å². The Hall–Kier alpha value is -2.01. The van der Waals surface area contributed by atoms with E-state index < -0.39 is 18.0 Å². The molecule has 3 heterocycles. The van der Waals surface area contributed by atoms with Crippen molar-refractivity contribution in [2.24, 2.45) is 52.4 Å². The monoisotopic (exact) mass is 744 g/mol. The molecule has 302 valence electrons. The summed E-state index contributed by atoms with van der Waals surface area (Å²) in [4.78, 5) is 31.3. The molecule has 53 heavy (non-hydrogen) atoms. The number of hydrogen-bond donors (Lipinski definition) is 1. The van der Waals surface area contributed by atoms with Gasteiger partial charge in [0.2, 0.25) is 0 Å². The molecule has 12 atom stereocenters. The van der Waals surface area contributed by atoms with Crippen LogP contribution in [0.25, 0.3) is 0 Å². The first-order valence-corrected chi connectivity index (χ1v) is 21.2. The summed E-state index contributed by atoms with van der Waals surface area (Å²) < 4.78 is 27.3. The molecule has 2 spiro atoms. The van der Waals surface area contributed by atoms with Crippen LogP contribution in [0.2, 0.25) is 0 Å². The number of rotatable bonds is 6. The van der Waals surface area contributed by atoms with Crippen LogP contribution in [0.15, 0.2) is 12.4 Å². The van der Waals surface area contributed by atoms with Gasteiger partial charge in [0.05, 0.1) is 37.1 Å². The number of imidazole rings is 1. The van der Waals surface area contributed by atoms with E-state index in [2.05, 4.69) is 25.8 Å². The Labute approximate surface area is 320 Å².